The molecule has 0 amide bonds. The summed E-state index contributed by atoms with van der Waals surface area (Å²) in [5.41, 5.74) is 2.08. The SMILES string of the molecule is CC[C@H](C)[C@H](N[C@H]1CC[C@H]2[C@H]3Cc4c(OC)cc(O)c5c4[C@@]2(CCN3C)[C@H]1O5)C(=O)O. The topological polar surface area (TPSA) is 91.3 Å². The molecule has 0 radical (unpaired) electrons. The van der Waals surface area contributed by atoms with Gasteiger partial charge in [-0.05, 0) is 51.1 Å². The summed E-state index contributed by atoms with van der Waals surface area (Å²) in [5.74, 6) is 1.11. The van der Waals surface area contributed by atoms with E-state index in [1.54, 1.807) is 13.2 Å². The zero-order valence-electron chi connectivity index (χ0n) is 18.9. The van der Waals surface area contributed by atoms with Gasteiger partial charge in [0, 0.05) is 34.7 Å². The molecule has 2 aliphatic heterocycles. The highest BCUT2D eigenvalue weighted by molar-refractivity contribution is 5.74. The van der Waals surface area contributed by atoms with Crippen molar-refractivity contribution >= 4 is 5.97 Å². The number of nitrogens with zero attached hydrogens (tertiary/aromatic N) is 1. The number of carboxylic acids is 1. The summed E-state index contributed by atoms with van der Waals surface area (Å²) in [6, 6.07) is 1.41. The molecular formula is C24H34N2O5. The molecule has 2 heterocycles. The number of nitrogens with one attached hydrogen (secondary N) is 1. The fourth-order valence-corrected chi connectivity index (χ4v) is 7.09. The van der Waals surface area contributed by atoms with Gasteiger partial charge in [0.1, 0.15) is 17.9 Å². The number of likely N-dealkylation sites (tertiary alicyclic amines) is 1. The number of aliphatic carboxylic acids is 1. The van der Waals surface area contributed by atoms with Gasteiger partial charge in [-0.3, -0.25) is 10.1 Å². The average Bonchev–Trinajstić information content (AvgIpc) is 3.10. The van der Waals surface area contributed by atoms with Gasteiger partial charge in [0.05, 0.1) is 7.11 Å². The van der Waals surface area contributed by atoms with Gasteiger partial charge in [0.2, 0.25) is 0 Å². The molecule has 170 valence electrons. The van der Waals surface area contributed by atoms with Gasteiger partial charge in [0.15, 0.2) is 11.5 Å². The van der Waals surface area contributed by atoms with Crippen LogP contribution < -0.4 is 14.8 Å². The predicted molar refractivity (Wildman–Crippen MR) is 116 cm³/mol. The molecule has 5 rings (SSSR count). The number of phenolic OH excluding ortho intramolecular Hbond substituents is 1. The minimum absolute atomic E-state index is 0.0251. The largest absolute Gasteiger partial charge is 0.504 e. The Morgan fingerprint density at radius 2 is 2.23 bits per heavy atom. The first-order valence-electron chi connectivity index (χ1n) is 11.6. The first kappa shape index (κ1) is 20.9. The number of methoxy groups -OCH3 is 1. The second-order valence-electron chi connectivity index (χ2n) is 10.0. The second-order valence-corrected chi connectivity index (χ2v) is 10.0. The minimum Gasteiger partial charge on any atom is -0.504 e. The molecule has 1 saturated carbocycles. The third-order valence-electron chi connectivity index (χ3n) is 8.78. The number of hydrogen-bond acceptors (Lipinski definition) is 6. The molecule has 2 aliphatic carbocycles. The molecule has 0 aromatic heterocycles. The van der Waals surface area contributed by atoms with E-state index >= 15 is 0 Å². The number of piperidine rings is 1. The Morgan fingerprint density at radius 3 is 2.90 bits per heavy atom. The van der Waals surface area contributed by atoms with Crippen LogP contribution in [0.3, 0.4) is 0 Å². The van der Waals surface area contributed by atoms with Crippen LogP contribution in [0.4, 0.5) is 0 Å². The fourth-order valence-electron chi connectivity index (χ4n) is 7.09. The third-order valence-corrected chi connectivity index (χ3v) is 8.78. The van der Waals surface area contributed by atoms with Crippen LogP contribution in [0.15, 0.2) is 6.07 Å². The Kier molecular flexibility index (Phi) is 4.90. The van der Waals surface area contributed by atoms with Crippen molar-refractivity contribution < 1.29 is 24.5 Å². The van der Waals surface area contributed by atoms with E-state index in [0.29, 0.717) is 17.7 Å². The smallest absolute Gasteiger partial charge is 0.320 e. The number of rotatable bonds is 6. The molecular weight excluding hydrogens is 396 g/mol. The number of aromatic hydroxyl groups is 1. The normalized spacial score (nSPS) is 35.1. The quantitative estimate of drug-likeness (QED) is 0.639. The lowest BCUT2D eigenvalue weighted by atomic mass is 9.51. The van der Waals surface area contributed by atoms with Gasteiger partial charge in [-0.15, -0.1) is 0 Å². The maximum atomic E-state index is 12.0. The van der Waals surface area contributed by atoms with Crippen molar-refractivity contribution in [1.29, 1.82) is 0 Å². The van der Waals surface area contributed by atoms with Crippen molar-refractivity contribution in [3.63, 3.8) is 0 Å². The molecule has 1 saturated heterocycles. The Morgan fingerprint density at radius 1 is 1.45 bits per heavy atom. The van der Waals surface area contributed by atoms with Crippen LogP contribution in [0.25, 0.3) is 0 Å². The maximum absolute atomic E-state index is 12.0. The lowest BCUT2D eigenvalue weighted by Crippen LogP contribution is -2.69. The van der Waals surface area contributed by atoms with E-state index in [1.165, 1.54) is 0 Å². The van der Waals surface area contributed by atoms with E-state index in [4.69, 9.17) is 9.47 Å². The van der Waals surface area contributed by atoms with Gasteiger partial charge in [-0.25, -0.2) is 0 Å². The number of ether oxygens (including phenoxy) is 2. The lowest BCUT2D eigenvalue weighted by molar-refractivity contribution is -0.142. The van der Waals surface area contributed by atoms with Crippen molar-refractivity contribution in [1.82, 2.24) is 10.2 Å². The van der Waals surface area contributed by atoms with Crippen molar-refractivity contribution in [3.8, 4) is 17.2 Å². The van der Waals surface area contributed by atoms with Crippen molar-refractivity contribution in [2.24, 2.45) is 11.8 Å². The first-order chi connectivity index (χ1) is 14.8. The minimum atomic E-state index is -0.806. The van der Waals surface area contributed by atoms with Crippen molar-refractivity contribution in [2.75, 3.05) is 20.7 Å². The lowest BCUT2D eigenvalue weighted by Gasteiger charge is -2.59. The van der Waals surface area contributed by atoms with E-state index < -0.39 is 12.0 Å². The summed E-state index contributed by atoms with van der Waals surface area (Å²) in [4.78, 5) is 14.5. The molecule has 0 unspecified atom stereocenters. The monoisotopic (exact) mass is 430 g/mol. The van der Waals surface area contributed by atoms with E-state index in [2.05, 4.69) is 17.3 Å². The Hall–Kier alpha value is -1.99. The van der Waals surface area contributed by atoms with Crippen LogP contribution in [0.1, 0.15) is 50.7 Å². The number of carbonyl (C=O) groups is 1. The number of carboxylic acid groups (broad SMARTS) is 1. The molecule has 1 spiro atoms. The van der Waals surface area contributed by atoms with Gasteiger partial charge < -0.3 is 24.6 Å². The van der Waals surface area contributed by atoms with Crippen LogP contribution in [-0.2, 0) is 16.6 Å². The zero-order chi connectivity index (χ0) is 22.1. The Labute approximate surface area is 183 Å². The van der Waals surface area contributed by atoms with Crippen molar-refractivity contribution in [3.05, 3.63) is 17.2 Å². The van der Waals surface area contributed by atoms with Crippen LogP contribution >= 0.6 is 0 Å². The molecule has 3 N–H and O–H groups in total. The highest BCUT2D eigenvalue weighted by Gasteiger charge is 2.66. The zero-order valence-corrected chi connectivity index (χ0v) is 18.9. The van der Waals surface area contributed by atoms with Gasteiger partial charge in [0.25, 0.3) is 0 Å². The number of benzene rings is 1. The van der Waals surface area contributed by atoms with Crippen LogP contribution in [0.2, 0.25) is 0 Å². The summed E-state index contributed by atoms with van der Waals surface area (Å²) in [6.45, 7) is 4.98. The predicted octanol–water partition coefficient (Wildman–Crippen LogP) is 2.53. The van der Waals surface area contributed by atoms with Crippen LogP contribution in [-0.4, -0.2) is 66.0 Å². The number of likely N-dealkylation sites (N-methyl/N-ethyl adjacent to an activating group) is 1. The summed E-state index contributed by atoms with van der Waals surface area (Å²) in [7, 11) is 3.86. The number of phenols is 1. The molecule has 4 aliphatic rings. The second kappa shape index (κ2) is 7.27. The number of hydrogen-bond donors (Lipinski definition) is 3. The van der Waals surface area contributed by atoms with Crippen LogP contribution in [0.5, 0.6) is 17.2 Å². The molecule has 2 bridgehead atoms. The summed E-state index contributed by atoms with van der Waals surface area (Å²) < 4.78 is 12.3. The van der Waals surface area contributed by atoms with Crippen molar-refractivity contribution in [2.45, 2.75) is 75.6 Å². The van der Waals surface area contributed by atoms with E-state index in [-0.39, 0.29) is 29.2 Å². The Balaban J connectivity index is 1.61. The summed E-state index contributed by atoms with van der Waals surface area (Å²) >= 11 is 0. The van der Waals surface area contributed by atoms with Crippen LogP contribution in [0, 0.1) is 11.8 Å². The molecule has 2 fully saturated rings. The average molecular weight is 431 g/mol. The molecule has 7 nitrogen and oxygen atoms in total. The standard InChI is InChI=1S/C24H34N2O5/c1-5-12(2)20(23(28)29)25-15-7-6-14-16-10-13-18(30-4)11-17(27)21-19(13)24(14,22(15)31-21)8-9-26(16)3/h11-12,14-16,20,22,25,27H,5-10H2,1-4H3,(H,28,29)/t12-,14-,15-,16+,20-,22-,24-/m0/s1. The van der Waals surface area contributed by atoms with Gasteiger partial charge in [-0.1, -0.05) is 20.3 Å². The van der Waals surface area contributed by atoms with Gasteiger partial charge >= 0.3 is 5.97 Å². The Bertz CT molecular complexity index is 904. The van der Waals surface area contributed by atoms with Gasteiger partial charge in [-0.2, -0.15) is 0 Å². The molecule has 7 atom stereocenters. The maximum Gasteiger partial charge on any atom is 0.320 e. The molecule has 31 heavy (non-hydrogen) atoms. The fraction of sp³-hybridized carbons (Fsp3) is 0.708. The molecule has 1 aromatic carbocycles. The molecule has 1 aromatic rings. The summed E-state index contributed by atoms with van der Waals surface area (Å²) in [5, 5.41) is 24.2. The third kappa shape index (κ3) is 2.75. The molecule has 7 heteroatoms. The van der Waals surface area contributed by atoms with E-state index in [9.17, 15) is 15.0 Å². The highest BCUT2D eigenvalue weighted by atomic mass is 16.5. The highest BCUT2D eigenvalue weighted by Crippen LogP contribution is 2.65. The summed E-state index contributed by atoms with van der Waals surface area (Å²) in [6.07, 6.45) is 4.36. The first-order valence-corrected chi connectivity index (χ1v) is 11.6. The van der Waals surface area contributed by atoms with E-state index in [1.807, 2.05) is 13.8 Å². The van der Waals surface area contributed by atoms with E-state index in [0.717, 1.165) is 55.5 Å².